The summed E-state index contributed by atoms with van der Waals surface area (Å²) in [7, 11) is 0. The quantitative estimate of drug-likeness (QED) is 0.0239. The molecule has 19 N–H and O–H groups in total. The predicted molar refractivity (Wildman–Crippen MR) is 209 cm³/mol. The van der Waals surface area contributed by atoms with E-state index in [1.54, 1.807) is 30.3 Å². The van der Waals surface area contributed by atoms with Crippen molar-refractivity contribution >= 4 is 47.4 Å². The van der Waals surface area contributed by atoms with Crippen molar-refractivity contribution < 1.29 is 28.8 Å². The van der Waals surface area contributed by atoms with E-state index in [9.17, 15) is 28.8 Å². The van der Waals surface area contributed by atoms with Crippen LogP contribution in [0.4, 0.5) is 0 Å². The number of amides is 6. The maximum atomic E-state index is 13.9. The zero-order valence-electron chi connectivity index (χ0n) is 31.9. The Bertz CT molecular complexity index is 1410. The monoisotopic (exact) mass is 774 g/mol. The molecule has 20 heteroatoms. The number of nitrogens with one attached hydrogen (secondary N) is 9. The van der Waals surface area contributed by atoms with Gasteiger partial charge >= 0.3 is 0 Å². The zero-order valence-corrected chi connectivity index (χ0v) is 31.9. The van der Waals surface area contributed by atoms with Crippen molar-refractivity contribution in [2.45, 2.75) is 102 Å². The highest BCUT2D eigenvalue weighted by atomic mass is 16.2. The summed E-state index contributed by atoms with van der Waals surface area (Å²) in [6.07, 6.45) is 2.59. The van der Waals surface area contributed by atoms with E-state index in [0.717, 1.165) is 5.56 Å². The third kappa shape index (κ3) is 21.1. The van der Waals surface area contributed by atoms with Crippen molar-refractivity contribution in [3.63, 3.8) is 0 Å². The first-order chi connectivity index (χ1) is 26.0. The molecule has 0 fully saturated rings. The number of carbonyl (C=O) groups excluding carboxylic acids is 6. The van der Waals surface area contributed by atoms with Crippen molar-refractivity contribution in [1.82, 2.24) is 37.2 Å². The van der Waals surface area contributed by atoms with E-state index in [0.29, 0.717) is 32.2 Å². The number of carbonyl (C=O) groups is 6. The second-order valence-electron chi connectivity index (χ2n) is 13.6. The molecule has 0 aliphatic heterocycles. The van der Waals surface area contributed by atoms with Crippen LogP contribution in [-0.4, -0.2) is 104 Å². The standard InChI is InChI=1S/C35H62N14O6/c1-21(2)18-26(33(55)49-27(30(52)45-20-28(38)50)19-22-10-4-3-5-11-22)48-32(54)25(14-9-17-44-35(41)42)47-31(53)24(13-8-16-43-34(39)40)46-29(51)23(37)12-6-7-15-36/h3-5,10-11,21,23-27H,6-9,12-20,36-37H2,1-2H3,(H2,38,50)(H,45,52)(H,46,51)(H,47,53)(H,48,54)(H,49,55)(H4,39,40,43)(H4,41,42,44)/t23-,24-,25-,26-,27-/m0/s1. The van der Waals surface area contributed by atoms with Crippen molar-refractivity contribution in [3.05, 3.63) is 35.9 Å². The molecule has 0 saturated heterocycles. The molecule has 0 radical (unpaired) electrons. The van der Waals surface area contributed by atoms with Crippen LogP contribution in [0.2, 0.25) is 0 Å². The van der Waals surface area contributed by atoms with E-state index in [1.807, 2.05) is 13.8 Å². The van der Waals surface area contributed by atoms with E-state index in [1.165, 1.54) is 0 Å². The Balaban J connectivity index is 3.32. The lowest BCUT2D eigenvalue weighted by Gasteiger charge is -2.27. The largest absolute Gasteiger partial charge is 0.370 e. The summed E-state index contributed by atoms with van der Waals surface area (Å²) in [4.78, 5) is 79.0. The third-order valence-corrected chi connectivity index (χ3v) is 8.23. The van der Waals surface area contributed by atoms with Gasteiger partial charge in [-0.25, -0.2) is 0 Å². The topological polar surface area (TPSA) is 364 Å². The highest BCUT2D eigenvalue weighted by Crippen LogP contribution is 2.10. The molecular formula is C35H62N14O6. The van der Waals surface area contributed by atoms with Crippen LogP contribution >= 0.6 is 0 Å². The van der Waals surface area contributed by atoms with Crippen LogP contribution in [0.1, 0.15) is 70.8 Å². The first-order valence-electron chi connectivity index (χ1n) is 18.5. The highest BCUT2D eigenvalue weighted by Gasteiger charge is 2.32. The van der Waals surface area contributed by atoms with Crippen LogP contribution < -0.4 is 65.9 Å². The molecule has 0 spiro atoms. The van der Waals surface area contributed by atoms with Gasteiger partial charge in [0.1, 0.15) is 24.2 Å². The SMILES string of the molecule is CC(C)C[C@H](NC(=O)[C@H](CCCNC(=N)N)NC(=O)[C@H](CCCNC(=N)N)NC(=O)[C@@H](N)CCCCN)C(=O)N[C@@H](Cc1ccccc1)C(=O)NCC(N)=O. The number of benzene rings is 1. The van der Waals surface area contributed by atoms with Crippen molar-refractivity contribution in [3.8, 4) is 0 Å². The van der Waals surface area contributed by atoms with Gasteiger partial charge in [-0.3, -0.25) is 39.6 Å². The third-order valence-electron chi connectivity index (χ3n) is 8.23. The molecule has 1 rings (SSSR count). The molecule has 0 aliphatic rings. The first kappa shape index (κ1) is 47.5. The second kappa shape index (κ2) is 26.3. The summed E-state index contributed by atoms with van der Waals surface area (Å²) in [5.41, 5.74) is 28.4. The van der Waals surface area contributed by atoms with Crippen LogP contribution in [0.25, 0.3) is 0 Å². The predicted octanol–water partition coefficient (Wildman–Crippen LogP) is -3.20. The Morgan fingerprint density at radius 2 is 1.11 bits per heavy atom. The maximum Gasteiger partial charge on any atom is 0.243 e. The number of guanidine groups is 2. The van der Waals surface area contributed by atoms with Crippen molar-refractivity contribution in [2.75, 3.05) is 26.2 Å². The molecule has 55 heavy (non-hydrogen) atoms. The van der Waals surface area contributed by atoms with Crippen molar-refractivity contribution in [2.24, 2.45) is 34.6 Å². The lowest BCUT2D eigenvalue weighted by atomic mass is 10.00. The Hall–Kier alpha value is -5.50. The van der Waals surface area contributed by atoms with Crippen molar-refractivity contribution in [1.29, 1.82) is 10.8 Å². The summed E-state index contributed by atoms with van der Waals surface area (Å²) in [6, 6.07) is 3.36. The average Bonchev–Trinajstić information content (AvgIpc) is 3.12. The Labute approximate surface area is 322 Å². The van der Waals surface area contributed by atoms with Gasteiger partial charge in [0.15, 0.2) is 11.9 Å². The van der Waals surface area contributed by atoms with Gasteiger partial charge < -0.3 is 65.9 Å². The summed E-state index contributed by atoms with van der Waals surface area (Å²) < 4.78 is 0. The molecule has 0 unspecified atom stereocenters. The van der Waals surface area contributed by atoms with Crippen LogP contribution in [0, 0.1) is 16.7 Å². The number of rotatable bonds is 27. The van der Waals surface area contributed by atoms with Gasteiger partial charge in [0.25, 0.3) is 0 Å². The van der Waals surface area contributed by atoms with Crippen LogP contribution in [-0.2, 0) is 35.2 Å². The molecule has 0 heterocycles. The number of nitrogens with two attached hydrogens (primary N) is 5. The fourth-order valence-corrected chi connectivity index (χ4v) is 5.39. The summed E-state index contributed by atoms with van der Waals surface area (Å²) in [6.45, 7) is 4.11. The molecule has 5 atom stereocenters. The number of primary amides is 1. The number of hydrogen-bond donors (Lipinski definition) is 14. The molecule has 1 aromatic rings. The molecule has 6 amide bonds. The smallest absolute Gasteiger partial charge is 0.243 e. The Kier molecular flexibility index (Phi) is 22.7. The molecule has 0 bridgehead atoms. The average molecular weight is 775 g/mol. The molecule has 20 nitrogen and oxygen atoms in total. The lowest BCUT2D eigenvalue weighted by Crippen LogP contribution is -2.59. The van der Waals surface area contributed by atoms with Gasteiger partial charge in [-0.1, -0.05) is 50.6 Å². The van der Waals surface area contributed by atoms with E-state index in [4.69, 9.17) is 39.5 Å². The first-order valence-corrected chi connectivity index (χ1v) is 18.5. The van der Waals surface area contributed by atoms with Gasteiger partial charge in [-0.15, -0.1) is 0 Å². The fraction of sp³-hybridized carbons (Fsp3) is 0.600. The maximum absolute atomic E-state index is 13.9. The van der Waals surface area contributed by atoms with E-state index < -0.39 is 72.2 Å². The fourth-order valence-electron chi connectivity index (χ4n) is 5.39. The number of unbranched alkanes of at least 4 members (excludes halogenated alkanes) is 1. The second-order valence-corrected chi connectivity index (χ2v) is 13.6. The van der Waals surface area contributed by atoms with E-state index >= 15 is 0 Å². The number of hydrogen-bond acceptors (Lipinski definition) is 10. The lowest BCUT2D eigenvalue weighted by molar-refractivity contribution is -0.135. The molecule has 0 saturated carbocycles. The van der Waals surface area contributed by atoms with Gasteiger partial charge in [-0.05, 0) is 63.0 Å². The molecule has 0 aliphatic carbocycles. The summed E-state index contributed by atoms with van der Waals surface area (Å²) in [5.74, 6) is -4.71. The van der Waals surface area contributed by atoms with Crippen LogP contribution in [0.3, 0.4) is 0 Å². The summed E-state index contributed by atoms with van der Waals surface area (Å²) >= 11 is 0. The van der Waals surface area contributed by atoms with Gasteiger partial charge in [0.05, 0.1) is 12.6 Å². The van der Waals surface area contributed by atoms with E-state index in [2.05, 4.69) is 37.2 Å². The molecule has 308 valence electrons. The van der Waals surface area contributed by atoms with E-state index in [-0.39, 0.29) is 63.0 Å². The zero-order chi connectivity index (χ0) is 41.3. The summed E-state index contributed by atoms with van der Waals surface area (Å²) in [5, 5.41) is 33.3. The van der Waals surface area contributed by atoms with Crippen LogP contribution in [0.5, 0.6) is 0 Å². The highest BCUT2D eigenvalue weighted by molar-refractivity contribution is 5.96. The normalized spacial score (nSPS) is 13.5. The Morgan fingerprint density at radius 3 is 1.60 bits per heavy atom. The molecular weight excluding hydrogens is 712 g/mol. The van der Waals surface area contributed by atoms with Gasteiger partial charge in [0, 0.05) is 19.5 Å². The molecule has 0 aromatic heterocycles. The molecule has 1 aromatic carbocycles. The minimum absolute atomic E-state index is 0.0468. The minimum Gasteiger partial charge on any atom is -0.370 e. The van der Waals surface area contributed by atoms with Gasteiger partial charge in [0.2, 0.25) is 35.4 Å². The van der Waals surface area contributed by atoms with Gasteiger partial charge in [-0.2, -0.15) is 0 Å². The Morgan fingerprint density at radius 1 is 0.618 bits per heavy atom. The minimum atomic E-state index is -1.21. The van der Waals surface area contributed by atoms with Crippen LogP contribution in [0.15, 0.2) is 30.3 Å².